The Hall–Kier alpha value is -3.20. The van der Waals surface area contributed by atoms with Crippen LogP contribution in [0.15, 0.2) is 65.7 Å². The molecule has 0 aliphatic rings. The SMILES string of the molecule is CNc1nc2cnc(Nc3ccc(SC)cc3)cc2n1-c1cccc(C(F)(F)F)c1. The molecule has 0 saturated carbocycles. The third kappa shape index (κ3) is 3.93. The van der Waals surface area contributed by atoms with Gasteiger partial charge in [-0.25, -0.2) is 9.97 Å². The van der Waals surface area contributed by atoms with E-state index in [4.69, 9.17) is 0 Å². The first-order valence-corrected chi connectivity index (χ1v) is 10.3. The maximum atomic E-state index is 13.2. The van der Waals surface area contributed by atoms with E-state index in [0.717, 1.165) is 22.7 Å². The maximum absolute atomic E-state index is 13.2. The van der Waals surface area contributed by atoms with Crippen molar-refractivity contribution in [3.8, 4) is 5.69 Å². The topological polar surface area (TPSA) is 54.8 Å². The summed E-state index contributed by atoms with van der Waals surface area (Å²) in [6.45, 7) is 0. The summed E-state index contributed by atoms with van der Waals surface area (Å²) in [5, 5.41) is 6.17. The molecule has 0 spiro atoms. The standard InChI is InChI=1S/C21H18F3N5S/c1-25-20-28-17-12-26-19(27-14-6-8-16(30-2)9-7-14)11-18(17)29(20)15-5-3-4-13(10-15)21(22,23)24/h3-12H,1-2H3,(H,25,28)(H,26,27). The number of imidazole rings is 1. The smallest absolute Gasteiger partial charge is 0.358 e. The highest BCUT2D eigenvalue weighted by molar-refractivity contribution is 7.98. The van der Waals surface area contributed by atoms with Gasteiger partial charge in [-0.15, -0.1) is 11.8 Å². The molecule has 2 N–H and O–H groups in total. The summed E-state index contributed by atoms with van der Waals surface area (Å²) in [7, 11) is 1.67. The van der Waals surface area contributed by atoms with Crippen LogP contribution in [0.1, 0.15) is 5.56 Å². The molecule has 0 bridgehead atoms. The molecular weight excluding hydrogens is 411 g/mol. The second kappa shape index (κ2) is 7.91. The number of pyridine rings is 1. The number of fused-ring (bicyclic) bond motifs is 1. The molecule has 4 aromatic rings. The number of anilines is 3. The van der Waals surface area contributed by atoms with Gasteiger partial charge in [0.1, 0.15) is 11.3 Å². The van der Waals surface area contributed by atoms with Gasteiger partial charge in [0.25, 0.3) is 0 Å². The number of nitrogens with zero attached hydrogens (tertiary/aromatic N) is 3. The van der Waals surface area contributed by atoms with Crippen molar-refractivity contribution in [2.75, 3.05) is 23.9 Å². The third-order valence-corrected chi connectivity index (χ3v) is 5.30. The molecule has 0 atom stereocenters. The van der Waals surface area contributed by atoms with E-state index in [-0.39, 0.29) is 0 Å². The van der Waals surface area contributed by atoms with Gasteiger partial charge in [0, 0.05) is 29.4 Å². The van der Waals surface area contributed by atoms with Crippen molar-refractivity contribution < 1.29 is 13.2 Å². The molecule has 0 fully saturated rings. The number of benzene rings is 2. The van der Waals surface area contributed by atoms with Gasteiger partial charge in [0.05, 0.1) is 17.3 Å². The van der Waals surface area contributed by atoms with Crippen molar-refractivity contribution in [2.24, 2.45) is 0 Å². The van der Waals surface area contributed by atoms with E-state index in [1.807, 2.05) is 30.5 Å². The first kappa shape index (κ1) is 20.1. The summed E-state index contributed by atoms with van der Waals surface area (Å²) in [5.41, 5.74) is 1.71. The lowest BCUT2D eigenvalue weighted by molar-refractivity contribution is -0.137. The summed E-state index contributed by atoms with van der Waals surface area (Å²) >= 11 is 1.65. The molecule has 0 unspecified atom stereocenters. The van der Waals surface area contributed by atoms with Gasteiger partial charge < -0.3 is 10.6 Å². The van der Waals surface area contributed by atoms with Crippen molar-refractivity contribution in [1.82, 2.24) is 14.5 Å². The normalized spacial score (nSPS) is 11.6. The number of halogens is 3. The molecule has 0 saturated heterocycles. The average molecular weight is 429 g/mol. The van der Waals surface area contributed by atoms with E-state index in [9.17, 15) is 13.2 Å². The molecule has 2 aromatic heterocycles. The van der Waals surface area contributed by atoms with E-state index < -0.39 is 11.7 Å². The van der Waals surface area contributed by atoms with E-state index in [2.05, 4.69) is 20.6 Å². The van der Waals surface area contributed by atoms with E-state index in [0.29, 0.717) is 28.5 Å². The van der Waals surface area contributed by atoms with Crippen LogP contribution in [0, 0.1) is 0 Å². The van der Waals surface area contributed by atoms with Gasteiger partial charge in [-0.05, 0) is 48.7 Å². The van der Waals surface area contributed by atoms with E-state index >= 15 is 0 Å². The lowest BCUT2D eigenvalue weighted by Gasteiger charge is -2.12. The van der Waals surface area contributed by atoms with Gasteiger partial charge in [0.2, 0.25) is 5.95 Å². The third-order valence-electron chi connectivity index (χ3n) is 4.56. The van der Waals surface area contributed by atoms with Crippen molar-refractivity contribution in [1.29, 1.82) is 0 Å². The Labute approximate surface area is 175 Å². The lowest BCUT2D eigenvalue weighted by Crippen LogP contribution is -2.07. The van der Waals surface area contributed by atoms with Crippen LogP contribution in [0.4, 0.5) is 30.6 Å². The monoisotopic (exact) mass is 429 g/mol. The minimum absolute atomic E-state index is 0.359. The van der Waals surface area contributed by atoms with Gasteiger partial charge >= 0.3 is 6.18 Å². The summed E-state index contributed by atoms with van der Waals surface area (Å²) in [6.07, 6.45) is -0.825. The number of aromatic nitrogens is 3. The van der Waals surface area contributed by atoms with Gasteiger partial charge in [-0.3, -0.25) is 4.57 Å². The van der Waals surface area contributed by atoms with Crippen molar-refractivity contribution in [2.45, 2.75) is 11.1 Å². The molecule has 9 heteroatoms. The Balaban J connectivity index is 1.78. The first-order valence-electron chi connectivity index (χ1n) is 9.04. The van der Waals surface area contributed by atoms with Crippen LogP contribution in [0.2, 0.25) is 0 Å². The van der Waals surface area contributed by atoms with Gasteiger partial charge in [-0.1, -0.05) is 6.07 Å². The van der Waals surface area contributed by atoms with Crippen molar-refractivity contribution in [3.05, 3.63) is 66.4 Å². The Bertz CT molecular complexity index is 1190. The predicted molar refractivity (Wildman–Crippen MR) is 115 cm³/mol. The highest BCUT2D eigenvalue weighted by atomic mass is 32.2. The summed E-state index contributed by atoms with van der Waals surface area (Å²) in [4.78, 5) is 9.98. The zero-order valence-corrected chi connectivity index (χ0v) is 17.0. The minimum Gasteiger partial charge on any atom is -0.358 e. The number of nitrogens with one attached hydrogen (secondary N) is 2. The highest BCUT2D eigenvalue weighted by Gasteiger charge is 2.30. The lowest BCUT2D eigenvalue weighted by atomic mass is 10.2. The van der Waals surface area contributed by atoms with Crippen LogP contribution in [0.25, 0.3) is 16.7 Å². The average Bonchev–Trinajstić information content (AvgIpc) is 3.11. The van der Waals surface area contributed by atoms with Crippen LogP contribution >= 0.6 is 11.8 Å². The molecule has 0 amide bonds. The molecule has 0 radical (unpaired) electrons. The predicted octanol–water partition coefficient (Wildman–Crippen LogP) is 5.95. The van der Waals surface area contributed by atoms with Gasteiger partial charge in [0.15, 0.2) is 0 Å². The van der Waals surface area contributed by atoms with Gasteiger partial charge in [-0.2, -0.15) is 13.2 Å². The molecule has 0 aliphatic heterocycles. The summed E-state index contributed by atoms with van der Waals surface area (Å²) in [6, 6.07) is 14.8. The minimum atomic E-state index is -4.43. The Kier molecular flexibility index (Phi) is 5.29. The first-order chi connectivity index (χ1) is 14.4. The number of hydrogen-bond acceptors (Lipinski definition) is 5. The molecule has 5 nitrogen and oxygen atoms in total. The maximum Gasteiger partial charge on any atom is 0.416 e. The zero-order valence-electron chi connectivity index (χ0n) is 16.2. The fraction of sp³-hybridized carbons (Fsp3) is 0.143. The van der Waals surface area contributed by atoms with Crippen LogP contribution in [-0.2, 0) is 6.18 Å². The van der Waals surface area contributed by atoms with Crippen molar-refractivity contribution >= 4 is 40.2 Å². The van der Waals surface area contributed by atoms with Crippen LogP contribution in [0.3, 0.4) is 0 Å². The molecule has 2 aromatic carbocycles. The van der Waals surface area contributed by atoms with Crippen LogP contribution in [0.5, 0.6) is 0 Å². The zero-order chi connectivity index (χ0) is 21.3. The second-order valence-electron chi connectivity index (χ2n) is 6.48. The van der Waals surface area contributed by atoms with Crippen molar-refractivity contribution in [3.63, 3.8) is 0 Å². The Morgan fingerprint density at radius 2 is 1.80 bits per heavy atom. The van der Waals surface area contributed by atoms with Crippen LogP contribution in [-0.4, -0.2) is 27.8 Å². The summed E-state index contributed by atoms with van der Waals surface area (Å²) in [5.74, 6) is 0.989. The molecule has 2 heterocycles. The summed E-state index contributed by atoms with van der Waals surface area (Å²) < 4.78 is 41.3. The molecule has 30 heavy (non-hydrogen) atoms. The molecule has 4 rings (SSSR count). The Morgan fingerprint density at radius 3 is 2.47 bits per heavy atom. The molecular formula is C21H18F3N5S. The highest BCUT2D eigenvalue weighted by Crippen LogP contribution is 2.33. The number of thioether (sulfide) groups is 1. The fourth-order valence-electron chi connectivity index (χ4n) is 3.12. The fourth-order valence-corrected chi connectivity index (χ4v) is 3.53. The second-order valence-corrected chi connectivity index (χ2v) is 7.36. The number of alkyl halides is 3. The quantitative estimate of drug-likeness (QED) is 0.384. The molecule has 154 valence electrons. The Morgan fingerprint density at radius 1 is 1.03 bits per heavy atom. The molecule has 0 aliphatic carbocycles. The number of rotatable bonds is 5. The van der Waals surface area contributed by atoms with Crippen LogP contribution < -0.4 is 10.6 Å². The largest absolute Gasteiger partial charge is 0.416 e. The van der Waals surface area contributed by atoms with E-state index in [1.54, 1.807) is 41.7 Å². The number of hydrogen-bond donors (Lipinski definition) is 2. The van der Waals surface area contributed by atoms with E-state index in [1.165, 1.54) is 6.07 Å².